The summed E-state index contributed by atoms with van der Waals surface area (Å²) in [7, 11) is 0. The van der Waals surface area contributed by atoms with Gasteiger partial charge in [-0.05, 0) is 44.2 Å². The third-order valence-electron chi connectivity index (χ3n) is 4.82. The summed E-state index contributed by atoms with van der Waals surface area (Å²) in [5.74, 6) is -0.0921. The number of hydrogen-bond acceptors (Lipinski definition) is 4. The van der Waals surface area contributed by atoms with Crippen molar-refractivity contribution in [3.05, 3.63) is 33.9 Å². The van der Waals surface area contributed by atoms with Crippen LogP contribution in [-0.4, -0.2) is 33.6 Å². The van der Waals surface area contributed by atoms with Crippen molar-refractivity contribution >= 4 is 23.4 Å². The Bertz CT molecular complexity index is 680. The SMILES string of the molecule is O=C(CSc1ccc(C(F)(F)F)cc1[N+](=O)[O-])N1C2CCCC1CC2. The highest BCUT2D eigenvalue weighted by atomic mass is 32.2. The van der Waals surface area contributed by atoms with Gasteiger partial charge in [0, 0.05) is 18.2 Å². The number of carbonyl (C=O) groups excluding carboxylic acids is 1. The fraction of sp³-hybridized carbons (Fsp3) is 0.562. The first-order valence-corrected chi connectivity index (χ1v) is 9.05. The number of piperidine rings is 1. The van der Waals surface area contributed by atoms with Crippen LogP contribution in [0.4, 0.5) is 18.9 Å². The Morgan fingerprint density at radius 3 is 2.44 bits per heavy atom. The van der Waals surface area contributed by atoms with Crippen molar-refractivity contribution < 1.29 is 22.9 Å². The largest absolute Gasteiger partial charge is 0.416 e. The molecule has 2 unspecified atom stereocenters. The second-order valence-electron chi connectivity index (χ2n) is 6.34. The highest BCUT2D eigenvalue weighted by molar-refractivity contribution is 8.00. The fourth-order valence-corrected chi connectivity index (χ4v) is 4.57. The fourth-order valence-electron chi connectivity index (χ4n) is 3.70. The summed E-state index contributed by atoms with van der Waals surface area (Å²) in [6, 6.07) is 2.90. The summed E-state index contributed by atoms with van der Waals surface area (Å²) in [5.41, 5.74) is -1.68. The molecule has 2 fully saturated rings. The zero-order valence-corrected chi connectivity index (χ0v) is 14.1. The van der Waals surface area contributed by atoms with E-state index in [1.807, 2.05) is 4.90 Å². The molecule has 0 radical (unpaired) electrons. The smallest absolute Gasteiger partial charge is 0.336 e. The number of hydrogen-bond donors (Lipinski definition) is 0. The van der Waals surface area contributed by atoms with Crippen molar-refractivity contribution in [2.75, 3.05) is 5.75 Å². The maximum absolute atomic E-state index is 12.7. The predicted octanol–water partition coefficient (Wildman–Crippen LogP) is 4.25. The molecule has 2 aliphatic heterocycles. The van der Waals surface area contributed by atoms with Gasteiger partial charge in [-0.15, -0.1) is 11.8 Å². The number of halogens is 3. The van der Waals surface area contributed by atoms with Crippen LogP contribution in [0.5, 0.6) is 0 Å². The van der Waals surface area contributed by atoms with E-state index in [4.69, 9.17) is 0 Å². The summed E-state index contributed by atoms with van der Waals surface area (Å²) in [4.78, 5) is 24.7. The molecule has 0 saturated carbocycles. The molecule has 0 aromatic heterocycles. The number of alkyl halides is 3. The van der Waals surface area contributed by atoms with Gasteiger partial charge in [0.15, 0.2) is 0 Å². The lowest BCUT2D eigenvalue weighted by molar-refractivity contribution is -0.388. The summed E-state index contributed by atoms with van der Waals surface area (Å²) < 4.78 is 38.2. The summed E-state index contributed by atoms with van der Waals surface area (Å²) in [6.07, 6.45) is 0.400. The van der Waals surface area contributed by atoms with Crippen LogP contribution in [-0.2, 0) is 11.0 Å². The molecule has 2 atom stereocenters. The molecule has 5 nitrogen and oxygen atoms in total. The molecule has 0 aliphatic carbocycles. The molecule has 0 N–H and O–H groups in total. The first kappa shape index (κ1) is 18.0. The lowest BCUT2D eigenvalue weighted by Crippen LogP contribution is -2.44. The number of amides is 1. The Balaban J connectivity index is 1.72. The zero-order chi connectivity index (χ0) is 18.2. The molecule has 2 heterocycles. The van der Waals surface area contributed by atoms with Gasteiger partial charge in [0.1, 0.15) is 0 Å². The van der Waals surface area contributed by atoms with Crippen molar-refractivity contribution in [2.45, 2.75) is 55.3 Å². The number of nitro groups is 1. The van der Waals surface area contributed by atoms with Crippen LogP contribution in [0.1, 0.15) is 37.7 Å². The van der Waals surface area contributed by atoms with Gasteiger partial charge in [0.2, 0.25) is 5.91 Å². The van der Waals surface area contributed by atoms with Gasteiger partial charge in [-0.2, -0.15) is 13.2 Å². The Morgan fingerprint density at radius 1 is 1.24 bits per heavy atom. The normalized spacial score (nSPS) is 22.9. The maximum atomic E-state index is 12.7. The monoisotopic (exact) mass is 374 g/mol. The molecular formula is C16H17F3N2O3S. The lowest BCUT2D eigenvalue weighted by atomic mass is 10.0. The first-order chi connectivity index (χ1) is 11.8. The predicted molar refractivity (Wildman–Crippen MR) is 86.3 cm³/mol. The molecule has 25 heavy (non-hydrogen) atoms. The minimum atomic E-state index is -4.64. The van der Waals surface area contributed by atoms with E-state index in [9.17, 15) is 28.1 Å². The van der Waals surface area contributed by atoms with Gasteiger partial charge in [0.05, 0.1) is 21.1 Å². The van der Waals surface area contributed by atoms with Crippen LogP contribution in [0.2, 0.25) is 0 Å². The van der Waals surface area contributed by atoms with E-state index in [-0.39, 0.29) is 28.6 Å². The number of rotatable bonds is 4. The second-order valence-corrected chi connectivity index (χ2v) is 7.36. The molecule has 1 aromatic rings. The molecule has 1 aromatic carbocycles. The van der Waals surface area contributed by atoms with Gasteiger partial charge in [0.25, 0.3) is 5.69 Å². The minimum Gasteiger partial charge on any atom is -0.336 e. The standard InChI is InChI=1S/C16H17F3N2O3S/c17-16(18,19)10-4-7-14(13(8-10)21(23)24)25-9-15(22)20-11-2-1-3-12(20)6-5-11/h4,7-8,11-12H,1-3,5-6,9H2. The van der Waals surface area contributed by atoms with Crippen LogP contribution >= 0.6 is 11.8 Å². The molecule has 3 rings (SSSR count). The van der Waals surface area contributed by atoms with Crippen LogP contribution in [0, 0.1) is 10.1 Å². The molecule has 0 spiro atoms. The highest BCUT2D eigenvalue weighted by Crippen LogP contribution is 2.38. The molecule has 2 aliphatic rings. The van der Waals surface area contributed by atoms with E-state index in [2.05, 4.69) is 0 Å². The number of nitro benzene ring substituents is 1. The Morgan fingerprint density at radius 2 is 1.88 bits per heavy atom. The van der Waals surface area contributed by atoms with E-state index in [0.29, 0.717) is 6.07 Å². The zero-order valence-electron chi connectivity index (χ0n) is 13.3. The van der Waals surface area contributed by atoms with E-state index in [0.717, 1.165) is 56.0 Å². The quantitative estimate of drug-likeness (QED) is 0.449. The van der Waals surface area contributed by atoms with Crippen LogP contribution in [0.25, 0.3) is 0 Å². The molecule has 136 valence electrons. The van der Waals surface area contributed by atoms with E-state index < -0.39 is 22.4 Å². The molecular weight excluding hydrogens is 357 g/mol. The molecule has 1 amide bonds. The first-order valence-electron chi connectivity index (χ1n) is 8.07. The third kappa shape index (κ3) is 3.75. The van der Waals surface area contributed by atoms with Crippen molar-refractivity contribution in [3.8, 4) is 0 Å². The van der Waals surface area contributed by atoms with Crippen molar-refractivity contribution in [3.63, 3.8) is 0 Å². The van der Waals surface area contributed by atoms with E-state index in [1.165, 1.54) is 0 Å². The molecule has 9 heteroatoms. The van der Waals surface area contributed by atoms with Crippen LogP contribution in [0.15, 0.2) is 23.1 Å². The summed E-state index contributed by atoms with van der Waals surface area (Å²) >= 11 is 0.928. The summed E-state index contributed by atoms with van der Waals surface area (Å²) in [5, 5.41) is 11.1. The third-order valence-corrected chi connectivity index (χ3v) is 5.86. The van der Waals surface area contributed by atoms with Crippen molar-refractivity contribution in [1.82, 2.24) is 4.90 Å². The number of nitrogens with zero attached hydrogens (tertiary/aromatic N) is 2. The van der Waals surface area contributed by atoms with E-state index >= 15 is 0 Å². The number of carbonyl (C=O) groups is 1. The van der Waals surface area contributed by atoms with Gasteiger partial charge < -0.3 is 4.90 Å². The highest BCUT2D eigenvalue weighted by Gasteiger charge is 2.39. The Hall–Kier alpha value is -1.77. The molecule has 2 bridgehead atoms. The lowest BCUT2D eigenvalue weighted by Gasteiger charge is -2.34. The maximum Gasteiger partial charge on any atom is 0.416 e. The second kappa shape index (κ2) is 6.86. The van der Waals surface area contributed by atoms with Gasteiger partial charge >= 0.3 is 6.18 Å². The average molecular weight is 374 g/mol. The van der Waals surface area contributed by atoms with Gasteiger partial charge in [-0.1, -0.05) is 0 Å². The molecule has 2 saturated heterocycles. The number of fused-ring (bicyclic) bond motifs is 2. The van der Waals surface area contributed by atoms with Gasteiger partial charge in [-0.3, -0.25) is 14.9 Å². The van der Waals surface area contributed by atoms with Crippen molar-refractivity contribution in [1.29, 1.82) is 0 Å². The van der Waals surface area contributed by atoms with Crippen molar-refractivity contribution in [2.24, 2.45) is 0 Å². The minimum absolute atomic E-state index is 0.000789. The summed E-state index contributed by atoms with van der Waals surface area (Å²) in [6.45, 7) is 0. The number of thioether (sulfide) groups is 1. The Kier molecular flexibility index (Phi) is 4.95. The number of benzene rings is 1. The van der Waals surface area contributed by atoms with Crippen LogP contribution in [0.3, 0.4) is 0 Å². The topological polar surface area (TPSA) is 63.4 Å². The van der Waals surface area contributed by atoms with Crippen LogP contribution < -0.4 is 0 Å². The average Bonchev–Trinajstić information content (AvgIpc) is 2.80. The van der Waals surface area contributed by atoms with E-state index in [1.54, 1.807) is 0 Å². The Labute approximate surface area is 146 Å². The van der Waals surface area contributed by atoms with Gasteiger partial charge in [-0.25, -0.2) is 0 Å².